The summed E-state index contributed by atoms with van der Waals surface area (Å²) in [4.78, 5) is 27.3. The fraction of sp³-hybridized carbons (Fsp3) is 0.304. The molecule has 10 nitrogen and oxygen atoms in total. The summed E-state index contributed by atoms with van der Waals surface area (Å²) in [5.74, 6) is -0.310. The van der Waals surface area contributed by atoms with Crippen LogP contribution in [0.3, 0.4) is 0 Å². The van der Waals surface area contributed by atoms with Crippen LogP contribution in [0.15, 0.2) is 127 Å². The summed E-state index contributed by atoms with van der Waals surface area (Å²) in [6.07, 6.45) is -0.227. The molecule has 0 aliphatic carbocycles. The summed E-state index contributed by atoms with van der Waals surface area (Å²) in [5.41, 5.74) is 13.5. The average Bonchev–Trinajstić information content (AvgIpc) is 3.23. The second-order valence-electron chi connectivity index (χ2n) is 14.4. The molecule has 0 aromatic heterocycles. The van der Waals surface area contributed by atoms with Crippen LogP contribution in [-0.4, -0.2) is 52.7 Å². The maximum Gasteiger partial charge on any atom is 0.224 e. The number of hydrogen-bond donors (Lipinski definition) is 5. The van der Waals surface area contributed by atoms with Crippen LogP contribution in [-0.2, 0) is 32.2 Å². The van der Waals surface area contributed by atoms with Crippen LogP contribution in [0.2, 0.25) is 0 Å². The molecule has 5 atom stereocenters. The van der Waals surface area contributed by atoms with Crippen LogP contribution < -0.4 is 16.4 Å². The topological polar surface area (TPSA) is 146 Å². The van der Waals surface area contributed by atoms with Crippen molar-refractivity contribution in [3.63, 3.8) is 0 Å². The van der Waals surface area contributed by atoms with Crippen molar-refractivity contribution in [2.75, 3.05) is 24.6 Å². The largest absolute Gasteiger partial charge is 0.397 e. The Hall–Kier alpha value is -5.36. The van der Waals surface area contributed by atoms with E-state index in [4.69, 9.17) is 15.2 Å². The van der Waals surface area contributed by atoms with Crippen LogP contribution in [0.1, 0.15) is 78.9 Å². The molecule has 1 heterocycles. The number of likely N-dealkylation sites (N-methyl/N-ethyl adjacent to an activating group) is 1. The second-order valence-corrected chi connectivity index (χ2v) is 14.4. The third-order valence-electron chi connectivity index (χ3n) is 10.4. The highest BCUT2D eigenvalue weighted by atomic mass is 16.7. The molecule has 0 unspecified atom stereocenters. The van der Waals surface area contributed by atoms with Gasteiger partial charge in [0, 0.05) is 44.0 Å². The Morgan fingerprint density at radius 3 is 2.21 bits per heavy atom. The Morgan fingerprint density at radius 2 is 1.48 bits per heavy atom. The van der Waals surface area contributed by atoms with Crippen LogP contribution in [0.4, 0.5) is 11.4 Å². The van der Waals surface area contributed by atoms with Gasteiger partial charge in [0.15, 0.2) is 6.29 Å². The second kappa shape index (κ2) is 19.5. The SMILES string of the molecule is C[C@@H]([C@H](O)c1ccccc1)N(C)C[C@H]1C[C@@H](c2ccc(CO)cc2)O[C@@H](c2ccc(-c3ccccc3CNC(=O)CCCC(=O)Nc3ccccc3N)cc2)O1. The summed E-state index contributed by atoms with van der Waals surface area (Å²) in [6.45, 7) is 2.93. The molecule has 5 aromatic carbocycles. The summed E-state index contributed by atoms with van der Waals surface area (Å²) in [5, 5.41) is 26.6. The molecule has 0 saturated carbocycles. The smallest absolute Gasteiger partial charge is 0.224 e. The molecule has 1 aliphatic heterocycles. The first-order valence-electron chi connectivity index (χ1n) is 19.2. The number of nitrogens with two attached hydrogens (primary N) is 1. The number of rotatable bonds is 16. The zero-order chi connectivity index (χ0) is 39.4. The van der Waals surface area contributed by atoms with E-state index in [1.54, 1.807) is 24.3 Å². The van der Waals surface area contributed by atoms with Crippen molar-refractivity contribution >= 4 is 23.2 Å². The van der Waals surface area contributed by atoms with Gasteiger partial charge >= 0.3 is 0 Å². The normalized spacial score (nSPS) is 17.9. The fourth-order valence-corrected chi connectivity index (χ4v) is 6.98. The van der Waals surface area contributed by atoms with Gasteiger partial charge in [0.1, 0.15) is 0 Å². The zero-order valence-corrected chi connectivity index (χ0v) is 32.0. The van der Waals surface area contributed by atoms with Crippen LogP contribution in [0, 0.1) is 0 Å². The van der Waals surface area contributed by atoms with Crippen LogP contribution in [0.5, 0.6) is 0 Å². The van der Waals surface area contributed by atoms with Crippen molar-refractivity contribution in [2.45, 2.75) is 76.4 Å². The highest BCUT2D eigenvalue weighted by Gasteiger charge is 2.34. The standard InChI is InChI=1S/C46H52N4O6/c1-31(45(54)35-11-4-3-5-12-35)50(2)29-38-27-42(34-21-19-32(30-51)20-22-34)56-46(55-38)36-25-23-33(24-26-36)39-14-7-6-13-37(39)28-48-43(52)17-10-18-44(53)49-41-16-9-8-15-40(41)47/h3-9,11-16,19-26,31,38,42,45-46,51,54H,10,17-18,27-30,47H2,1-2H3,(H,48,52)(H,49,53)/t31-,38+,42-,45-,46-/m0/s1. The highest BCUT2D eigenvalue weighted by molar-refractivity contribution is 5.94. The molecule has 292 valence electrons. The van der Waals surface area contributed by atoms with Crippen LogP contribution >= 0.6 is 0 Å². The Labute approximate surface area is 329 Å². The monoisotopic (exact) mass is 756 g/mol. The van der Waals surface area contributed by atoms with E-state index in [1.807, 2.05) is 117 Å². The number of aliphatic hydroxyl groups is 2. The molecule has 0 bridgehead atoms. The van der Waals surface area contributed by atoms with Gasteiger partial charge in [-0.3, -0.25) is 14.5 Å². The number of aliphatic hydroxyl groups excluding tert-OH is 2. The number of amides is 2. The first-order valence-corrected chi connectivity index (χ1v) is 19.2. The van der Waals surface area contributed by atoms with E-state index in [-0.39, 0.29) is 49.5 Å². The van der Waals surface area contributed by atoms with Crippen molar-refractivity contribution in [2.24, 2.45) is 0 Å². The van der Waals surface area contributed by atoms with Crippen molar-refractivity contribution < 1.29 is 29.3 Å². The molecule has 0 spiro atoms. The Morgan fingerprint density at radius 1 is 0.821 bits per heavy atom. The molecule has 6 N–H and O–H groups in total. The number of ether oxygens (including phenoxy) is 2. The molecular weight excluding hydrogens is 705 g/mol. The van der Waals surface area contributed by atoms with Crippen molar-refractivity contribution in [1.29, 1.82) is 0 Å². The number of carbonyl (C=O) groups is 2. The molecule has 6 rings (SSSR count). The molecule has 56 heavy (non-hydrogen) atoms. The number of carbonyl (C=O) groups excluding carboxylic acids is 2. The zero-order valence-electron chi connectivity index (χ0n) is 32.0. The van der Waals surface area contributed by atoms with Crippen molar-refractivity contribution in [3.05, 3.63) is 155 Å². The Balaban J connectivity index is 1.09. The van der Waals surface area contributed by atoms with Crippen molar-refractivity contribution in [1.82, 2.24) is 10.2 Å². The van der Waals surface area contributed by atoms with Gasteiger partial charge in [0.25, 0.3) is 0 Å². The first kappa shape index (κ1) is 40.3. The lowest BCUT2D eigenvalue weighted by molar-refractivity contribution is -0.253. The van der Waals surface area contributed by atoms with E-state index in [0.717, 1.165) is 38.9 Å². The quantitative estimate of drug-likeness (QED) is 0.0653. The summed E-state index contributed by atoms with van der Waals surface area (Å²) in [7, 11) is 2.01. The summed E-state index contributed by atoms with van der Waals surface area (Å²) >= 11 is 0. The predicted octanol–water partition coefficient (Wildman–Crippen LogP) is 7.45. The van der Waals surface area contributed by atoms with E-state index < -0.39 is 12.4 Å². The lowest BCUT2D eigenvalue weighted by Crippen LogP contribution is -2.43. The molecule has 0 radical (unpaired) electrons. The molecule has 10 heteroatoms. The number of nitrogen functional groups attached to an aromatic ring is 1. The maximum atomic E-state index is 12.8. The number of nitrogens with one attached hydrogen (secondary N) is 2. The van der Waals surface area contributed by atoms with Crippen LogP contribution in [0.25, 0.3) is 11.1 Å². The minimum absolute atomic E-state index is 0.0271. The third-order valence-corrected chi connectivity index (χ3v) is 10.4. The van der Waals surface area contributed by atoms with Gasteiger partial charge in [-0.05, 0) is 65.9 Å². The molecule has 1 aliphatic rings. The van der Waals surface area contributed by atoms with Gasteiger partial charge in [-0.25, -0.2) is 0 Å². The van der Waals surface area contributed by atoms with E-state index in [1.165, 1.54) is 0 Å². The van der Waals surface area contributed by atoms with Gasteiger partial charge in [-0.2, -0.15) is 0 Å². The lowest BCUT2D eigenvalue weighted by Gasteiger charge is -2.39. The molecule has 5 aromatic rings. The molecule has 1 saturated heterocycles. The minimum Gasteiger partial charge on any atom is -0.397 e. The number of benzene rings is 5. The number of anilines is 2. The molecule has 2 amide bonds. The van der Waals surface area contributed by atoms with E-state index >= 15 is 0 Å². The Bertz CT molecular complexity index is 2020. The van der Waals surface area contributed by atoms with Gasteiger partial charge in [0.05, 0.1) is 36.3 Å². The van der Waals surface area contributed by atoms with Gasteiger partial charge in [0.2, 0.25) is 11.8 Å². The van der Waals surface area contributed by atoms with Gasteiger partial charge < -0.3 is 36.1 Å². The highest BCUT2D eigenvalue weighted by Crippen LogP contribution is 2.39. The third kappa shape index (κ3) is 10.7. The average molecular weight is 757 g/mol. The maximum absolute atomic E-state index is 12.8. The molecular formula is C46H52N4O6. The van der Waals surface area contributed by atoms with Crippen molar-refractivity contribution in [3.8, 4) is 11.1 Å². The first-order chi connectivity index (χ1) is 27.2. The number of para-hydroxylation sites is 2. The van der Waals surface area contributed by atoms with Gasteiger partial charge in [-0.15, -0.1) is 0 Å². The summed E-state index contributed by atoms with van der Waals surface area (Å²) in [6, 6.07) is 40.5. The fourth-order valence-electron chi connectivity index (χ4n) is 6.98. The van der Waals surface area contributed by atoms with E-state index in [2.05, 4.69) is 15.5 Å². The van der Waals surface area contributed by atoms with E-state index in [9.17, 15) is 19.8 Å². The van der Waals surface area contributed by atoms with Gasteiger partial charge in [-0.1, -0.05) is 115 Å². The number of nitrogens with zero attached hydrogens (tertiary/aromatic N) is 1. The predicted molar refractivity (Wildman–Crippen MR) is 219 cm³/mol. The summed E-state index contributed by atoms with van der Waals surface area (Å²) < 4.78 is 13.2. The Kier molecular flexibility index (Phi) is 14.0. The minimum atomic E-state index is -0.651. The number of hydrogen-bond acceptors (Lipinski definition) is 8. The molecule has 1 fully saturated rings. The lowest BCUT2D eigenvalue weighted by atomic mass is 9.97. The van der Waals surface area contributed by atoms with E-state index in [0.29, 0.717) is 37.3 Å².